The number of hydrogen-bond donors (Lipinski definition) is 0. The maximum absolute atomic E-state index is 5.82. The molecule has 0 aromatic rings. The van der Waals surface area contributed by atoms with E-state index in [0.717, 1.165) is 19.7 Å². The maximum Gasteiger partial charge on any atom is 0.0685 e. The summed E-state index contributed by atoms with van der Waals surface area (Å²) in [5.41, 5.74) is 0. The highest BCUT2D eigenvalue weighted by Crippen LogP contribution is 2.13. The van der Waals surface area contributed by atoms with Crippen molar-refractivity contribution in [3.05, 3.63) is 0 Å². The Kier molecular flexibility index (Phi) is 15.3. The Bertz CT molecular complexity index is 226. The van der Waals surface area contributed by atoms with Crippen molar-refractivity contribution in [2.45, 2.75) is 116 Å². The minimum atomic E-state index is 0.942. The molecule has 0 amide bonds. The van der Waals surface area contributed by atoms with E-state index in [4.69, 9.17) is 4.84 Å². The summed E-state index contributed by atoms with van der Waals surface area (Å²) in [6.45, 7) is 5.54. The van der Waals surface area contributed by atoms with Gasteiger partial charge in [-0.1, -0.05) is 96.8 Å². The molecule has 0 atom stereocenters. The third-order valence-corrected chi connectivity index (χ3v) is 5.09. The minimum Gasteiger partial charge on any atom is -0.299 e. The van der Waals surface area contributed by atoms with E-state index >= 15 is 0 Å². The zero-order valence-electron chi connectivity index (χ0n) is 16.0. The molecule has 0 radical (unpaired) electrons. The Labute approximate surface area is 146 Å². The van der Waals surface area contributed by atoms with Gasteiger partial charge in [-0.05, 0) is 19.3 Å². The van der Waals surface area contributed by atoms with E-state index in [0.29, 0.717) is 0 Å². The average Bonchev–Trinajstić information content (AvgIpc) is 2.59. The number of nitrogens with zero attached hydrogens (tertiary/aromatic N) is 1. The summed E-state index contributed by atoms with van der Waals surface area (Å²) in [6, 6.07) is 0. The second-order valence-electron chi connectivity index (χ2n) is 7.42. The van der Waals surface area contributed by atoms with Gasteiger partial charge in [0.1, 0.15) is 0 Å². The van der Waals surface area contributed by atoms with E-state index in [1.54, 1.807) is 0 Å². The van der Waals surface area contributed by atoms with Crippen LogP contribution in [0.25, 0.3) is 0 Å². The van der Waals surface area contributed by atoms with Crippen LogP contribution in [0.5, 0.6) is 0 Å². The lowest BCUT2D eigenvalue weighted by Crippen LogP contribution is -2.30. The zero-order valence-corrected chi connectivity index (χ0v) is 16.0. The van der Waals surface area contributed by atoms with Crippen molar-refractivity contribution >= 4 is 0 Å². The Morgan fingerprint density at radius 3 is 1.48 bits per heavy atom. The van der Waals surface area contributed by atoms with Crippen LogP contribution < -0.4 is 0 Å². The highest BCUT2D eigenvalue weighted by molar-refractivity contribution is 4.56. The molecule has 0 aromatic heterocycles. The molecule has 1 aliphatic heterocycles. The summed E-state index contributed by atoms with van der Waals surface area (Å²) in [4.78, 5) is 5.82. The predicted molar refractivity (Wildman–Crippen MR) is 102 cm³/mol. The van der Waals surface area contributed by atoms with Gasteiger partial charge in [-0.15, -0.1) is 0 Å². The predicted octanol–water partition coefficient (Wildman–Crippen LogP) is 6.89. The molecule has 0 N–H and O–H groups in total. The quantitative estimate of drug-likeness (QED) is 0.287. The first-order valence-electron chi connectivity index (χ1n) is 10.8. The first kappa shape index (κ1) is 21.0. The van der Waals surface area contributed by atoms with Crippen LogP contribution in [-0.4, -0.2) is 24.8 Å². The van der Waals surface area contributed by atoms with Gasteiger partial charge < -0.3 is 0 Å². The number of unbranched alkanes of at least 4 members (excludes halogenated alkanes) is 13. The fourth-order valence-electron chi connectivity index (χ4n) is 3.48. The summed E-state index contributed by atoms with van der Waals surface area (Å²) in [5.74, 6) is 0. The SMILES string of the molecule is CCCCCCCCCCCCCCCCON1CCCCC1. The average molecular weight is 326 g/mol. The summed E-state index contributed by atoms with van der Waals surface area (Å²) < 4.78 is 0. The molecular weight excluding hydrogens is 282 g/mol. The van der Waals surface area contributed by atoms with Gasteiger partial charge in [0.25, 0.3) is 0 Å². The lowest BCUT2D eigenvalue weighted by molar-refractivity contribution is -0.169. The van der Waals surface area contributed by atoms with E-state index in [1.165, 1.54) is 109 Å². The van der Waals surface area contributed by atoms with Gasteiger partial charge in [0, 0.05) is 13.1 Å². The number of rotatable bonds is 16. The molecule has 23 heavy (non-hydrogen) atoms. The fourth-order valence-corrected chi connectivity index (χ4v) is 3.48. The van der Waals surface area contributed by atoms with Gasteiger partial charge in [-0.2, -0.15) is 5.06 Å². The van der Waals surface area contributed by atoms with Gasteiger partial charge in [-0.25, -0.2) is 0 Å². The highest BCUT2D eigenvalue weighted by atomic mass is 16.7. The smallest absolute Gasteiger partial charge is 0.0685 e. The Morgan fingerprint density at radius 2 is 1.00 bits per heavy atom. The minimum absolute atomic E-state index is 0.942. The maximum atomic E-state index is 5.82. The monoisotopic (exact) mass is 325 g/mol. The largest absolute Gasteiger partial charge is 0.299 e. The van der Waals surface area contributed by atoms with Gasteiger partial charge in [0.05, 0.1) is 6.61 Å². The van der Waals surface area contributed by atoms with E-state index < -0.39 is 0 Å². The molecule has 0 spiro atoms. The van der Waals surface area contributed by atoms with E-state index in [2.05, 4.69) is 12.0 Å². The Balaban J connectivity index is 1.67. The standard InChI is InChI=1S/C21H43NO/c1-2-3-4-5-6-7-8-9-10-11-12-13-14-18-21-23-22-19-16-15-17-20-22/h2-21H2,1H3. The Hall–Kier alpha value is -0.0800. The summed E-state index contributed by atoms with van der Waals surface area (Å²) in [7, 11) is 0. The topological polar surface area (TPSA) is 12.5 Å². The van der Waals surface area contributed by atoms with Crippen LogP contribution in [0, 0.1) is 0 Å². The molecule has 0 saturated carbocycles. The van der Waals surface area contributed by atoms with Crippen LogP contribution in [0.4, 0.5) is 0 Å². The van der Waals surface area contributed by atoms with Crippen molar-refractivity contribution in [1.82, 2.24) is 5.06 Å². The first-order chi connectivity index (χ1) is 11.4. The molecular formula is C21H43NO. The molecule has 2 nitrogen and oxygen atoms in total. The van der Waals surface area contributed by atoms with Gasteiger partial charge in [0.15, 0.2) is 0 Å². The van der Waals surface area contributed by atoms with E-state index in [9.17, 15) is 0 Å². The van der Waals surface area contributed by atoms with Gasteiger partial charge in [-0.3, -0.25) is 4.84 Å². The van der Waals surface area contributed by atoms with Crippen LogP contribution in [0.15, 0.2) is 0 Å². The van der Waals surface area contributed by atoms with Gasteiger partial charge in [0.2, 0.25) is 0 Å². The lowest BCUT2D eigenvalue weighted by atomic mass is 10.0. The molecule has 138 valence electrons. The van der Waals surface area contributed by atoms with E-state index in [-0.39, 0.29) is 0 Å². The van der Waals surface area contributed by atoms with Crippen molar-refractivity contribution in [2.24, 2.45) is 0 Å². The molecule has 0 aliphatic carbocycles. The van der Waals surface area contributed by atoms with E-state index in [1.807, 2.05) is 0 Å². The molecule has 1 fully saturated rings. The molecule has 0 bridgehead atoms. The van der Waals surface area contributed by atoms with Crippen molar-refractivity contribution in [1.29, 1.82) is 0 Å². The second kappa shape index (κ2) is 16.8. The fraction of sp³-hybridized carbons (Fsp3) is 1.00. The van der Waals surface area contributed by atoms with Crippen molar-refractivity contribution in [3.63, 3.8) is 0 Å². The molecule has 1 saturated heterocycles. The molecule has 0 unspecified atom stereocenters. The number of hydroxylamine groups is 2. The highest BCUT2D eigenvalue weighted by Gasteiger charge is 2.09. The second-order valence-corrected chi connectivity index (χ2v) is 7.42. The molecule has 2 heteroatoms. The number of hydrogen-bond acceptors (Lipinski definition) is 2. The van der Waals surface area contributed by atoms with Crippen molar-refractivity contribution < 1.29 is 4.84 Å². The summed E-state index contributed by atoms with van der Waals surface area (Å²) >= 11 is 0. The van der Waals surface area contributed by atoms with Crippen LogP contribution in [-0.2, 0) is 4.84 Å². The zero-order chi connectivity index (χ0) is 16.4. The normalized spacial score (nSPS) is 16.0. The van der Waals surface area contributed by atoms with Crippen LogP contribution >= 0.6 is 0 Å². The van der Waals surface area contributed by atoms with Crippen molar-refractivity contribution in [3.8, 4) is 0 Å². The van der Waals surface area contributed by atoms with Crippen LogP contribution in [0.1, 0.15) is 116 Å². The molecule has 1 rings (SSSR count). The van der Waals surface area contributed by atoms with Crippen molar-refractivity contribution in [2.75, 3.05) is 19.7 Å². The van der Waals surface area contributed by atoms with Crippen LogP contribution in [0.3, 0.4) is 0 Å². The molecule has 1 heterocycles. The molecule has 1 aliphatic rings. The lowest BCUT2D eigenvalue weighted by Gasteiger charge is -2.25. The van der Waals surface area contributed by atoms with Crippen LogP contribution in [0.2, 0.25) is 0 Å². The van der Waals surface area contributed by atoms with Gasteiger partial charge >= 0.3 is 0 Å². The summed E-state index contributed by atoms with van der Waals surface area (Å²) in [5, 5.41) is 2.19. The molecule has 0 aromatic carbocycles. The number of piperidine rings is 1. The first-order valence-corrected chi connectivity index (χ1v) is 10.8. The third-order valence-electron chi connectivity index (χ3n) is 5.09. The summed E-state index contributed by atoms with van der Waals surface area (Å²) in [6.07, 6.45) is 24.0. The Morgan fingerprint density at radius 1 is 0.565 bits per heavy atom. The third kappa shape index (κ3) is 14.0.